The normalized spacial score (nSPS) is 11.9. The van der Waals surface area contributed by atoms with Crippen LogP contribution in [0.2, 0.25) is 25.7 Å². The molecule has 0 saturated heterocycles. The molecule has 11 heteroatoms. The second kappa shape index (κ2) is 15.4. The highest BCUT2D eigenvalue weighted by Gasteiger charge is 2.17. The molecule has 0 bridgehead atoms. The second-order valence-corrected chi connectivity index (χ2v) is 17.3. The van der Waals surface area contributed by atoms with Crippen LogP contribution >= 0.6 is 0 Å². The maximum atomic E-state index is 11.9. The number of carboxylic acid groups (broad SMARTS) is 1. The highest BCUT2D eigenvalue weighted by Crippen LogP contribution is 2.27. The van der Waals surface area contributed by atoms with E-state index in [9.17, 15) is 9.59 Å². The molecule has 220 valence electrons. The number of rotatable bonds is 15. The van der Waals surface area contributed by atoms with Crippen molar-refractivity contribution >= 4 is 25.9 Å². The van der Waals surface area contributed by atoms with Crippen molar-refractivity contribution in [3.05, 3.63) is 60.7 Å². The van der Waals surface area contributed by atoms with Crippen molar-refractivity contribution in [1.82, 2.24) is 20.2 Å². The predicted molar refractivity (Wildman–Crippen MR) is 162 cm³/mol. The van der Waals surface area contributed by atoms with Gasteiger partial charge in [-0.1, -0.05) is 37.9 Å². The van der Waals surface area contributed by atoms with E-state index in [4.69, 9.17) is 19.6 Å². The number of anilines is 1. The van der Waals surface area contributed by atoms with Crippen LogP contribution in [0.1, 0.15) is 38.6 Å². The van der Waals surface area contributed by atoms with Crippen molar-refractivity contribution in [3.63, 3.8) is 0 Å². The molecule has 40 heavy (non-hydrogen) atoms. The smallest absolute Gasteiger partial charge is 0.411 e. The van der Waals surface area contributed by atoms with Crippen molar-refractivity contribution in [2.45, 2.75) is 78.2 Å². The molecule has 0 spiro atoms. The Morgan fingerprint density at radius 2 is 1.98 bits per heavy atom. The average Bonchev–Trinajstić information content (AvgIpc) is 3.22. The average molecular weight is 572 g/mol. The topological polar surface area (TPSA) is 127 Å². The molecule has 0 unspecified atom stereocenters. The van der Waals surface area contributed by atoms with Gasteiger partial charge in [0.15, 0.2) is 0 Å². The van der Waals surface area contributed by atoms with E-state index in [1.54, 1.807) is 18.3 Å². The van der Waals surface area contributed by atoms with Crippen LogP contribution in [0.4, 0.5) is 15.3 Å². The van der Waals surface area contributed by atoms with Crippen LogP contribution in [0.3, 0.4) is 0 Å². The number of aryl methyl sites for hydroxylation is 1. The molecule has 1 aromatic heterocycles. The molecule has 0 radical (unpaired) electrons. The molecule has 0 atom stereocenters. The van der Waals surface area contributed by atoms with Gasteiger partial charge in [0.1, 0.15) is 18.2 Å². The number of carbonyl (C=O) groups excluding carboxylic acids is 1. The summed E-state index contributed by atoms with van der Waals surface area (Å²) in [6, 6.07) is 6.49. The van der Waals surface area contributed by atoms with E-state index < -0.39 is 25.9 Å². The van der Waals surface area contributed by atoms with Gasteiger partial charge in [0.25, 0.3) is 0 Å². The number of allylic oxidation sites excluding steroid dienone is 1. The van der Waals surface area contributed by atoms with Crippen molar-refractivity contribution in [2.75, 3.05) is 18.5 Å². The van der Waals surface area contributed by atoms with E-state index in [0.717, 1.165) is 28.7 Å². The molecule has 0 aliphatic heterocycles. The molecule has 4 N–H and O–H groups in total. The molecular weight excluding hydrogens is 526 g/mol. The highest BCUT2D eigenvalue weighted by atomic mass is 28.3. The molecule has 0 aliphatic rings. The number of hydrogen-bond donors (Lipinski definition) is 4. The van der Waals surface area contributed by atoms with Crippen LogP contribution in [0.15, 0.2) is 49.3 Å². The number of nitrogens with one attached hydrogen (secondary N) is 3. The van der Waals surface area contributed by atoms with Gasteiger partial charge in [-0.15, -0.1) is 6.58 Å². The largest absolute Gasteiger partial charge is 0.465 e. The lowest BCUT2D eigenvalue weighted by Gasteiger charge is -2.18. The van der Waals surface area contributed by atoms with Crippen LogP contribution in [-0.4, -0.2) is 53.7 Å². The number of aromatic nitrogens is 2. The van der Waals surface area contributed by atoms with E-state index in [2.05, 4.69) is 42.2 Å². The van der Waals surface area contributed by atoms with Gasteiger partial charge in [-0.3, -0.25) is 10.6 Å². The highest BCUT2D eigenvalue weighted by molar-refractivity contribution is 6.76. The summed E-state index contributed by atoms with van der Waals surface area (Å²) in [4.78, 5) is 28.0. The fraction of sp³-hybridized carbons (Fsp3) is 0.483. The summed E-state index contributed by atoms with van der Waals surface area (Å²) in [5.74, 6) is 0.850. The first kappa shape index (κ1) is 32.8. The van der Waals surface area contributed by atoms with Gasteiger partial charge in [0, 0.05) is 57.8 Å². The molecular formula is C29H45N5O5Si. The Morgan fingerprint density at radius 3 is 2.62 bits per heavy atom. The number of imidazole rings is 1. The lowest BCUT2D eigenvalue weighted by molar-refractivity contribution is 0.0552. The minimum atomic E-state index is -1.22. The van der Waals surface area contributed by atoms with Crippen molar-refractivity contribution in [2.24, 2.45) is 0 Å². The molecule has 0 aliphatic carbocycles. The quantitative estimate of drug-likeness (QED) is 0.114. The van der Waals surface area contributed by atoms with E-state index in [0.29, 0.717) is 45.0 Å². The monoisotopic (exact) mass is 571 g/mol. The van der Waals surface area contributed by atoms with Crippen LogP contribution < -0.4 is 16.0 Å². The first-order valence-electron chi connectivity index (χ1n) is 13.5. The molecule has 2 rings (SSSR count). The molecule has 0 fully saturated rings. The number of benzene rings is 1. The summed E-state index contributed by atoms with van der Waals surface area (Å²) >= 11 is 0. The zero-order chi connectivity index (χ0) is 29.8. The molecule has 1 heterocycles. The lowest BCUT2D eigenvalue weighted by atomic mass is 10.0. The zero-order valence-electron chi connectivity index (χ0n) is 24.7. The van der Waals surface area contributed by atoms with Gasteiger partial charge in [0.05, 0.1) is 5.69 Å². The van der Waals surface area contributed by atoms with Gasteiger partial charge in [-0.2, -0.15) is 0 Å². The second-order valence-electron chi connectivity index (χ2n) is 11.7. The Balaban J connectivity index is 2.25. The number of nitrogens with zero attached hydrogens (tertiary/aromatic N) is 2. The summed E-state index contributed by atoms with van der Waals surface area (Å²) in [5.41, 5.74) is 2.51. The fourth-order valence-electron chi connectivity index (χ4n) is 3.67. The standard InChI is InChI=1S/C29H45N5O5Si/c1-8-14-30-19-22-18-23(32-27(35)36)12-13-24(22)25-20-34(21-38-16-17-40(5,6)7)26(33-25)11-9-10-15-31-28(37)39-29(2,3)4/h8,10,12-13,15,18,20,30,32H,1,9,11,14,16-17,19,21H2,2-7H3,(H,31,37)(H,35,36). The summed E-state index contributed by atoms with van der Waals surface area (Å²) in [6.07, 6.45) is 6.87. The van der Waals surface area contributed by atoms with Crippen molar-refractivity contribution in [1.29, 1.82) is 0 Å². The Kier molecular flexibility index (Phi) is 12.6. The first-order chi connectivity index (χ1) is 18.8. The number of amides is 2. The summed E-state index contributed by atoms with van der Waals surface area (Å²) < 4.78 is 13.3. The number of hydrogen-bond acceptors (Lipinski definition) is 6. The summed E-state index contributed by atoms with van der Waals surface area (Å²) in [5, 5.41) is 17.5. The summed E-state index contributed by atoms with van der Waals surface area (Å²) in [6.45, 7) is 18.4. The third kappa shape index (κ3) is 12.6. The minimum Gasteiger partial charge on any atom is -0.465 e. The maximum absolute atomic E-state index is 11.9. The Labute approximate surface area is 238 Å². The van der Waals surface area contributed by atoms with Crippen LogP contribution in [0.25, 0.3) is 11.3 Å². The summed E-state index contributed by atoms with van der Waals surface area (Å²) in [7, 11) is -1.22. The van der Waals surface area contributed by atoms with E-state index >= 15 is 0 Å². The fourth-order valence-corrected chi connectivity index (χ4v) is 4.42. The molecule has 1 aromatic carbocycles. The Hall–Kier alpha value is -3.41. The zero-order valence-corrected chi connectivity index (χ0v) is 25.7. The van der Waals surface area contributed by atoms with E-state index in [1.807, 2.05) is 49.7 Å². The van der Waals surface area contributed by atoms with E-state index in [1.165, 1.54) is 0 Å². The molecule has 10 nitrogen and oxygen atoms in total. The number of ether oxygens (including phenoxy) is 2. The maximum Gasteiger partial charge on any atom is 0.411 e. The van der Waals surface area contributed by atoms with E-state index in [-0.39, 0.29) is 0 Å². The Morgan fingerprint density at radius 1 is 1.23 bits per heavy atom. The molecule has 2 amide bonds. The van der Waals surface area contributed by atoms with Gasteiger partial charge in [0.2, 0.25) is 0 Å². The predicted octanol–water partition coefficient (Wildman–Crippen LogP) is 6.20. The molecule has 0 saturated carbocycles. The van der Waals surface area contributed by atoms with Crippen molar-refractivity contribution < 1.29 is 24.2 Å². The molecule has 2 aromatic rings. The number of carbonyl (C=O) groups is 2. The van der Waals surface area contributed by atoms with Crippen LogP contribution in [0, 0.1) is 0 Å². The van der Waals surface area contributed by atoms with Gasteiger partial charge in [-0.25, -0.2) is 14.6 Å². The van der Waals surface area contributed by atoms with Crippen LogP contribution in [0.5, 0.6) is 0 Å². The third-order valence-corrected chi connectivity index (χ3v) is 7.28. The number of alkyl carbamates (subject to hydrolysis) is 1. The SMILES string of the molecule is C=CCNCc1cc(NC(=O)O)ccc1-c1cn(COCC[Si](C)(C)C)c(CCC=CNC(=O)OC(C)(C)C)n1. The van der Waals surface area contributed by atoms with Gasteiger partial charge < -0.3 is 24.5 Å². The van der Waals surface area contributed by atoms with Gasteiger partial charge >= 0.3 is 12.2 Å². The Bertz CT molecular complexity index is 1160. The third-order valence-electron chi connectivity index (χ3n) is 5.58. The van der Waals surface area contributed by atoms with Gasteiger partial charge in [-0.05, 0) is 50.9 Å². The lowest BCUT2D eigenvalue weighted by Crippen LogP contribution is -2.29. The first-order valence-corrected chi connectivity index (χ1v) is 17.2. The minimum absolute atomic E-state index is 0.384. The van der Waals surface area contributed by atoms with Crippen molar-refractivity contribution in [3.8, 4) is 11.3 Å². The van der Waals surface area contributed by atoms with Crippen LogP contribution in [-0.2, 0) is 29.2 Å².